The van der Waals surface area contributed by atoms with Crippen molar-refractivity contribution in [3.05, 3.63) is 64.6 Å². The number of rotatable bonds is 4. The second kappa shape index (κ2) is 6.72. The van der Waals surface area contributed by atoms with Crippen LogP contribution in [-0.2, 0) is 11.3 Å². The van der Waals surface area contributed by atoms with Crippen LogP contribution in [0.15, 0.2) is 36.5 Å². The molecule has 0 bridgehead atoms. The number of esters is 1. The van der Waals surface area contributed by atoms with Gasteiger partial charge in [0.05, 0.1) is 18.9 Å². The number of carbonyl (C=O) groups is 2. The molecule has 0 saturated carbocycles. The summed E-state index contributed by atoms with van der Waals surface area (Å²) in [5, 5.41) is 7.06. The van der Waals surface area contributed by atoms with Crippen LogP contribution in [0.2, 0.25) is 0 Å². The number of aryl methyl sites for hydroxylation is 2. The van der Waals surface area contributed by atoms with Crippen LogP contribution in [0, 0.1) is 13.8 Å². The van der Waals surface area contributed by atoms with Crippen LogP contribution in [0.1, 0.15) is 37.7 Å². The van der Waals surface area contributed by atoms with Crippen LogP contribution in [0.3, 0.4) is 0 Å². The van der Waals surface area contributed by atoms with Gasteiger partial charge in [-0.25, -0.2) is 14.3 Å². The first-order valence-electron chi connectivity index (χ1n) is 7.77. The molecule has 7 heteroatoms. The number of aromatic nitrogens is 3. The molecule has 0 spiro atoms. The molecular weight excluding hydrogens is 320 g/mol. The Morgan fingerprint density at radius 2 is 1.92 bits per heavy atom. The van der Waals surface area contributed by atoms with Gasteiger partial charge in [0.25, 0.3) is 5.91 Å². The van der Waals surface area contributed by atoms with Crippen LogP contribution < -0.4 is 5.32 Å². The number of hydrogen-bond donors (Lipinski definition) is 1. The molecule has 7 nitrogen and oxygen atoms in total. The van der Waals surface area contributed by atoms with E-state index < -0.39 is 5.97 Å². The fourth-order valence-corrected chi connectivity index (χ4v) is 2.58. The normalized spacial score (nSPS) is 10.7. The number of fused-ring (bicyclic) bond motifs is 1. The number of carbonyl (C=O) groups excluding carboxylic acids is 2. The minimum Gasteiger partial charge on any atom is -0.465 e. The topological polar surface area (TPSA) is 85.6 Å². The summed E-state index contributed by atoms with van der Waals surface area (Å²) in [7, 11) is 1.34. The quantitative estimate of drug-likeness (QED) is 0.736. The van der Waals surface area contributed by atoms with Crippen LogP contribution in [-0.4, -0.2) is 33.6 Å². The standard InChI is InChI=1S/C18H18N4O3/c1-11-8-12(2)22-16(21-11)15(10-20-22)17(23)19-9-13-4-6-14(7-5-13)18(24)25-3/h4-8,10H,9H2,1-3H3,(H,19,23). The first-order chi connectivity index (χ1) is 12.0. The van der Waals surface area contributed by atoms with Crippen LogP contribution in [0.25, 0.3) is 5.65 Å². The molecule has 0 radical (unpaired) electrons. The van der Waals surface area contributed by atoms with Crippen molar-refractivity contribution >= 4 is 17.5 Å². The number of ether oxygens (including phenoxy) is 1. The zero-order chi connectivity index (χ0) is 18.0. The smallest absolute Gasteiger partial charge is 0.337 e. The van der Waals surface area contributed by atoms with E-state index in [0.717, 1.165) is 17.0 Å². The Hall–Kier alpha value is -3.22. The summed E-state index contributed by atoms with van der Waals surface area (Å²) in [5.74, 6) is -0.636. The zero-order valence-corrected chi connectivity index (χ0v) is 14.2. The van der Waals surface area contributed by atoms with Gasteiger partial charge in [0.2, 0.25) is 0 Å². The third kappa shape index (κ3) is 3.35. The van der Waals surface area contributed by atoms with Crippen molar-refractivity contribution in [2.45, 2.75) is 20.4 Å². The first kappa shape index (κ1) is 16.6. The third-order valence-corrected chi connectivity index (χ3v) is 3.85. The van der Waals surface area contributed by atoms with Crippen molar-refractivity contribution in [1.82, 2.24) is 19.9 Å². The second-order valence-corrected chi connectivity index (χ2v) is 5.70. The maximum Gasteiger partial charge on any atom is 0.337 e. The number of amides is 1. The molecule has 0 unspecified atom stereocenters. The predicted molar refractivity (Wildman–Crippen MR) is 91.4 cm³/mol. The van der Waals surface area contributed by atoms with E-state index in [1.54, 1.807) is 28.8 Å². The van der Waals surface area contributed by atoms with Crippen molar-refractivity contribution in [2.24, 2.45) is 0 Å². The Labute approximate surface area is 144 Å². The first-order valence-corrected chi connectivity index (χ1v) is 7.77. The van der Waals surface area contributed by atoms with E-state index in [9.17, 15) is 9.59 Å². The molecule has 0 aliphatic carbocycles. The highest BCUT2D eigenvalue weighted by Gasteiger charge is 2.15. The molecule has 25 heavy (non-hydrogen) atoms. The Balaban J connectivity index is 1.74. The van der Waals surface area contributed by atoms with E-state index in [1.807, 2.05) is 19.9 Å². The number of nitrogens with one attached hydrogen (secondary N) is 1. The van der Waals surface area contributed by atoms with E-state index >= 15 is 0 Å². The molecule has 0 saturated heterocycles. The molecule has 3 rings (SSSR count). The van der Waals surface area contributed by atoms with Crippen LogP contribution in [0.5, 0.6) is 0 Å². The minimum absolute atomic E-state index is 0.246. The highest BCUT2D eigenvalue weighted by atomic mass is 16.5. The van der Waals surface area contributed by atoms with E-state index in [-0.39, 0.29) is 5.91 Å². The van der Waals surface area contributed by atoms with Gasteiger partial charge in [0.15, 0.2) is 5.65 Å². The Morgan fingerprint density at radius 1 is 1.20 bits per heavy atom. The molecule has 1 N–H and O–H groups in total. The molecule has 2 aromatic heterocycles. The number of nitrogens with zero attached hydrogens (tertiary/aromatic N) is 3. The number of hydrogen-bond acceptors (Lipinski definition) is 5. The SMILES string of the molecule is COC(=O)c1ccc(CNC(=O)c2cnn3c(C)cc(C)nc23)cc1. The van der Waals surface area contributed by atoms with E-state index in [4.69, 9.17) is 0 Å². The van der Waals surface area contributed by atoms with Crippen molar-refractivity contribution in [1.29, 1.82) is 0 Å². The van der Waals surface area contributed by atoms with Gasteiger partial charge in [-0.3, -0.25) is 4.79 Å². The van der Waals surface area contributed by atoms with Gasteiger partial charge in [-0.15, -0.1) is 0 Å². The predicted octanol–water partition coefficient (Wildman–Crippen LogP) is 2.06. The van der Waals surface area contributed by atoms with Gasteiger partial charge in [0.1, 0.15) is 5.56 Å². The Kier molecular flexibility index (Phi) is 4.47. The van der Waals surface area contributed by atoms with Crippen molar-refractivity contribution in [3.8, 4) is 0 Å². The van der Waals surface area contributed by atoms with E-state index in [0.29, 0.717) is 23.3 Å². The minimum atomic E-state index is -0.390. The second-order valence-electron chi connectivity index (χ2n) is 5.70. The Morgan fingerprint density at radius 3 is 2.60 bits per heavy atom. The molecule has 0 fully saturated rings. The summed E-state index contributed by atoms with van der Waals surface area (Å²) in [6.07, 6.45) is 1.52. The van der Waals surface area contributed by atoms with Gasteiger partial charge < -0.3 is 10.1 Å². The summed E-state index contributed by atoms with van der Waals surface area (Å²) < 4.78 is 6.30. The largest absolute Gasteiger partial charge is 0.465 e. The maximum absolute atomic E-state index is 12.5. The molecule has 128 valence electrons. The summed E-state index contributed by atoms with van der Waals surface area (Å²) in [4.78, 5) is 28.3. The molecular formula is C18H18N4O3. The van der Waals surface area contributed by atoms with Gasteiger partial charge >= 0.3 is 5.97 Å². The van der Waals surface area contributed by atoms with Crippen LogP contribution in [0.4, 0.5) is 0 Å². The van der Waals surface area contributed by atoms with Crippen molar-refractivity contribution < 1.29 is 14.3 Å². The number of methoxy groups -OCH3 is 1. The maximum atomic E-state index is 12.5. The molecule has 0 aliphatic rings. The van der Waals surface area contributed by atoms with Gasteiger partial charge in [0, 0.05) is 17.9 Å². The summed E-state index contributed by atoms with van der Waals surface area (Å²) in [5.41, 5.74) is 4.06. The monoisotopic (exact) mass is 338 g/mol. The fraction of sp³-hybridized carbons (Fsp3) is 0.222. The molecule has 1 amide bonds. The van der Waals surface area contributed by atoms with Gasteiger partial charge in [-0.1, -0.05) is 12.1 Å². The summed E-state index contributed by atoms with van der Waals surface area (Å²) in [6, 6.07) is 8.78. The summed E-state index contributed by atoms with van der Waals surface area (Å²) in [6.45, 7) is 4.13. The highest BCUT2D eigenvalue weighted by molar-refractivity contribution is 5.99. The average molecular weight is 338 g/mol. The lowest BCUT2D eigenvalue weighted by Gasteiger charge is -2.06. The van der Waals surface area contributed by atoms with Gasteiger partial charge in [-0.2, -0.15) is 5.10 Å². The lowest BCUT2D eigenvalue weighted by molar-refractivity contribution is 0.0600. The molecule has 1 aromatic carbocycles. The molecule has 3 aromatic rings. The zero-order valence-electron chi connectivity index (χ0n) is 14.2. The Bertz CT molecular complexity index is 945. The third-order valence-electron chi connectivity index (χ3n) is 3.85. The molecule has 0 aliphatic heterocycles. The average Bonchev–Trinajstić information content (AvgIpc) is 3.03. The molecule has 2 heterocycles. The van der Waals surface area contributed by atoms with Crippen molar-refractivity contribution in [3.63, 3.8) is 0 Å². The van der Waals surface area contributed by atoms with Gasteiger partial charge in [-0.05, 0) is 37.6 Å². The van der Waals surface area contributed by atoms with Crippen LogP contribution >= 0.6 is 0 Å². The van der Waals surface area contributed by atoms with E-state index in [2.05, 4.69) is 20.1 Å². The molecule has 0 atom stereocenters. The lowest BCUT2D eigenvalue weighted by atomic mass is 10.1. The highest BCUT2D eigenvalue weighted by Crippen LogP contribution is 2.12. The van der Waals surface area contributed by atoms with E-state index in [1.165, 1.54) is 13.3 Å². The number of benzene rings is 1. The summed E-state index contributed by atoms with van der Waals surface area (Å²) >= 11 is 0. The van der Waals surface area contributed by atoms with Crippen molar-refractivity contribution in [2.75, 3.05) is 7.11 Å². The fourth-order valence-electron chi connectivity index (χ4n) is 2.58. The lowest BCUT2D eigenvalue weighted by Crippen LogP contribution is -2.23.